The maximum Gasteiger partial charge on any atom is 0.341 e. The van der Waals surface area contributed by atoms with Crippen LogP contribution in [0, 0.1) is 0 Å². The molecule has 3 rings (SSSR count). The van der Waals surface area contributed by atoms with Crippen molar-refractivity contribution in [2.24, 2.45) is 0 Å². The molecule has 1 aliphatic carbocycles. The van der Waals surface area contributed by atoms with Crippen LogP contribution in [-0.2, 0) is 17.6 Å². The Bertz CT molecular complexity index is 835. The second kappa shape index (κ2) is 9.24. The third-order valence-corrected chi connectivity index (χ3v) is 5.81. The van der Waals surface area contributed by atoms with Gasteiger partial charge >= 0.3 is 12.0 Å². The van der Waals surface area contributed by atoms with E-state index in [-0.39, 0.29) is 5.97 Å². The number of thiophene rings is 1. The van der Waals surface area contributed by atoms with Gasteiger partial charge in [0.05, 0.1) is 12.2 Å². The van der Waals surface area contributed by atoms with E-state index in [0.29, 0.717) is 27.9 Å². The summed E-state index contributed by atoms with van der Waals surface area (Å²) in [5, 5.41) is 6.69. The SMILES string of the molecule is CCCOC(=O)c1c(NC(=O)Nc2cccc(Cl)c2)sc2c1CCCCC2. The molecule has 0 bridgehead atoms. The summed E-state index contributed by atoms with van der Waals surface area (Å²) in [6, 6.07) is 6.52. The van der Waals surface area contributed by atoms with Crippen molar-refractivity contribution in [3.8, 4) is 0 Å². The van der Waals surface area contributed by atoms with Crippen LogP contribution < -0.4 is 10.6 Å². The third-order valence-electron chi connectivity index (χ3n) is 4.37. The van der Waals surface area contributed by atoms with Crippen LogP contribution in [0.15, 0.2) is 24.3 Å². The highest BCUT2D eigenvalue weighted by Gasteiger charge is 2.26. The lowest BCUT2D eigenvalue weighted by Gasteiger charge is -2.10. The second-order valence-corrected chi connectivity index (χ2v) is 8.04. The van der Waals surface area contributed by atoms with E-state index in [0.717, 1.165) is 44.1 Å². The molecule has 0 aliphatic heterocycles. The van der Waals surface area contributed by atoms with Crippen LogP contribution in [0.3, 0.4) is 0 Å². The molecule has 1 aliphatic rings. The highest BCUT2D eigenvalue weighted by Crippen LogP contribution is 2.38. The topological polar surface area (TPSA) is 67.4 Å². The number of nitrogens with one attached hydrogen (secondary N) is 2. The van der Waals surface area contributed by atoms with Crippen LogP contribution in [0.25, 0.3) is 0 Å². The zero-order valence-electron chi connectivity index (χ0n) is 15.3. The maximum absolute atomic E-state index is 12.6. The monoisotopic (exact) mass is 406 g/mol. The van der Waals surface area contributed by atoms with E-state index >= 15 is 0 Å². The summed E-state index contributed by atoms with van der Waals surface area (Å²) in [7, 11) is 0. The van der Waals surface area contributed by atoms with Crippen molar-refractivity contribution in [1.82, 2.24) is 0 Å². The molecule has 2 amide bonds. The average molecular weight is 407 g/mol. The molecule has 1 aromatic carbocycles. The second-order valence-electron chi connectivity index (χ2n) is 6.49. The molecule has 0 fully saturated rings. The van der Waals surface area contributed by atoms with Crippen molar-refractivity contribution in [1.29, 1.82) is 0 Å². The number of hydrogen-bond acceptors (Lipinski definition) is 4. The summed E-state index contributed by atoms with van der Waals surface area (Å²) in [6.45, 7) is 2.33. The smallest absolute Gasteiger partial charge is 0.341 e. The molecule has 1 heterocycles. The van der Waals surface area contributed by atoms with Gasteiger partial charge in [-0.3, -0.25) is 5.32 Å². The molecule has 0 unspecified atom stereocenters. The molecular formula is C20H23ClN2O3S. The Morgan fingerprint density at radius 1 is 1.19 bits per heavy atom. The first-order valence-electron chi connectivity index (χ1n) is 9.23. The predicted molar refractivity (Wildman–Crippen MR) is 110 cm³/mol. The number of amides is 2. The van der Waals surface area contributed by atoms with Gasteiger partial charge in [0.2, 0.25) is 0 Å². The minimum Gasteiger partial charge on any atom is -0.462 e. The van der Waals surface area contributed by atoms with E-state index in [9.17, 15) is 9.59 Å². The lowest BCUT2D eigenvalue weighted by atomic mass is 10.1. The molecule has 5 nitrogen and oxygen atoms in total. The number of hydrogen-bond donors (Lipinski definition) is 2. The van der Waals surface area contributed by atoms with E-state index in [1.165, 1.54) is 16.2 Å². The van der Waals surface area contributed by atoms with E-state index in [1.54, 1.807) is 24.3 Å². The minimum absolute atomic E-state index is 0.352. The molecule has 144 valence electrons. The lowest BCUT2D eigenvalue weighted by Crippen LogP contribution is -2.20. The predicted octanol–water partition coefficient (Wildman–Crippen LogP) is 5.88. The summed E-state index contributed by atoms with van der Waals surface area (Å²) < 4.78 is 5.38. The summed E-state index contributed by atoms with van der Waals surface area (Å²) in [6.07, 6.45) is 5.85. The van der Waals surface area contributed by atoms with Gasteiger partial charge in [-0.15, -0.1) is 11.3 Å². The Labute approximate surface area is 168 Å². The van der Waals surface area contributed by atoms with Crippen LogP contribution >= 0.6 is 22.9 Å². The number of urea groups is 1. The van der Waals surface area contributed by atoms with Crippen LogP contribution in [0.1, 0.15) is 53.4 Å². The van der Waals surface area contributed by atoms with Gasteiger partial charge in [0.15, 0.2) is 0 Å². The van der Waals surface area contributed by atoms with Crippen LogP contribution in [0.2, 0.25) is 5.02 Å². The number of anilines is 2. The molecule has 0 saturated carbocycles. The molecule has 0 radical (unpaired) electrons. The first-order chi connectivity index (χ1) is 13.1. The number of ether oxygens (including phenoxy) is 1. The Balaban J connectivity index is 1.82. The van der Waals surface area contributed by atoms with Gasteiger partial charge in [0.25, 0.3) is 0 Å². The Kier molecular flexibility index (Phi) is 6.74. The summed E-state index contributed by atoms with van der Waals surface area (Å²) >= 11 is 7.44. The molecule has 2 aromatic rings. The molecule has 2 N–H and O–H groups in total. The highest BCUT2D eigenvalue weighted by molar-refractivity contribution is 7.17. The van der Waals surface area contributed by atoms with Crippen molar-refractivity contribution < 1.29 is 14.3 Å². The van der Waals surface area contributed by atoms with Gasteiger partial charge in [0.1, 0.15) is 5.00 Å². The summed E-state index contributed by atoms with van der Waals surface area (Å²) in [5.74, 6) is -0.352. The molecule has 1 aromatic heterocycles. The quantitative estimate of drug-likeness (QED) is 0.481. The van der Waals surface area contributed by atoms with Gasteiger partial charge in [0, 0.05) is 15.6 Å². The summed E-state index contributed by atoms with van der Waals surface area (Å²) in [5.41, 5.74) is 2.15. The van der Waals surface area contributed by atoms with Crippen molar-refractivity contribution >= 4 is 45.6 Å². The molecule has 0 saturated heterocycles. The van der Waals surface area contributed by atoms with Gasteiger partial charge in [-0.1, -0.05) is 31.0 Å². The number of carbonyl (C=O) groups excluding carboxylic acids is 2. The Hall–Kier alpha value is -2.05. The third kappa shape index (κ3) is 5.02. The van der Waals surface area contributed by atoms with Gasteiger partial charge in [-0.25, -0.2) is 9.59 Å². The number of rotatable bonds is 5. The molecule has 0 atom stereocenters. The number of carbonyl (C=O) groups is 2. The largest absolute Gasteiger partial charge is 0.462 e. The highest BCUT2D eigenvalue weighted by atomic mass is 35.5. The number of benzene rings is 1. The first-order valence-corrected chi connectivity index (χ1v) is 10.4. The fourth-order valence-corrected chi connectivity index (χ4v) is 4.61. The van der Waals surface area contributed by atoms with Crippen molar-refractivity contribution in [3.05, 3.63) is 45.3 Å². The van der Waals surface area contributed by atoms with Crippen molar-refractivity contribution in [3.63, 3.8) is 0 Å². The van der Waals surface area contributed by atoms with Crippen LogP contribution in [-0.4, -0.2) is 18.6 Å². The van der Waals surface area contributed by atoms with E-state index < -0.39 is 6.03 Å². The normalized spacial score (nSPS) is 13.4. The number of esters is 1. The zero-order chi connectivity index (χ0) is 19.2. The van der Waals surface area contributed by atoms with E-state index in [1.807, 2.05) is 6.92 Å². The van der Waals surface area contributed by atoms with Crippen molar-refractivity contribution in [2.75, 3.05) is 17.2 Å². The van der Waals surface area contributed by atoms with Crippen LogP contribution in [0.5, 0.6) is 0 Å². The van der Waals surface area contributed by atoms with Crippen molar-refractivity contribution in [2.45, 2.75) is 45.4 Å². The first kappa shape index (κ1) is 19.7. The average Bonchev–Trinajstić information content (AvgIpc) is 2.80. The Morgan fingerprint density at radius 2 is 2.00 bits per heavy atom. The van der Waals surface area contributed by atoms with E-state index in [4.69, 9.17) is 16.3 Å². The molecule has 27 heavy (non-hydrogen) atoms. The van der Waals surface area contributed by atoms with Gasteiger partial charge in [-0.2, -0.15) is 0 Å². The molecule has 7 heteroatoms. The fraction of sp³-hybridized carbons (Fsp3) is 0.400. The maximum atomic E-state index is 12.6. The molecular weight excluding hydrogens is 384 g/mol. The van der Waals surface area contributed by atoms with Crippen LogP contribution in [0.4, 0.5) is 15.5 Å². The zero-order valence-corrected chi connectivity index (χ0v) is 16.8. The van der Waals surface area contributed by atoms with Gasteiger partial charge < -0.3 is 10.1 Å². The number of halogens is 1. The number of fused-ring (bicyclic) bond motifs is 1. The molecule has 0 spiro atoms. The number of aryl methyl sites for hydroxylation is 1. The minimum atomic E-state index is -0.404. The standard InChI is InChI=1S/C20H23ClN2O3S/c1-2-11-26-19(24)17-15-9-4-3-5-10-16(15)27-18(17)23-20(25)22-14-8-6-7-13(21)12-14/h6-8,12H,2-5,9-11H2,1H3,(H2,22,23,25). The fourth-order valence-electron chi connectivity index (χ4n) is 3.15. The van der Waals surface area contributed by atoms with E-state index in [2.05, 4.69) is 10.6 Å². The van der Waals surface area contributed by atoms with Gasteiger partial charge in [-0.05, 0) is 55.9 Å². The summed E-state index contributed by atoms with van der Waals surface area (Å²) in [4.78, 5) is 26.3. The Morgan fingerprint density at radius 3 is 2.78 bits per heavy atom. The lowest BCUT2D eigenvalue weighted by molar-refractivity contribution is 0.0505.